The van der Waals surface area contributed by atoms with Crippen LogP contribution in [0.1, 0.15) is 5.69 Å². The van der Waals surface area contributed by atoms with E-state index in [0.29, 0.717) is 15.9 Å². The Morgan fingerprint density at radius 2 is 2.47 bits per heavy atom. The summed E-state index contributed by atoms with van der Waals surface area (Å²) in [5.74, 6) is 0.544. The van der Waals surface area contributed by atoms with Crippen LogP contribution < -0.4 is 10.9 Å². The average molecular weight is 318 g/mol. The Balaban J connectivity index is 2.12. The number of H-pyrrole nitrogens is 1. The van der Waals surface area contributed by atoms with Gasteiger partial charge in [0.15, 0.2) is 0 Å². The fourth-order valence-corrected chi connectivity index (χ4v) is 1.49. The fourth-order valence-electron chi connectivity index (χ4n) is 1.01. The zero-order valence-corrected chi connectivity index (χ0v) is 9.69. The molecule has 0 aliphatic rings. The smallest absolute Gasteiger partial charge is 0.266 e. The highest BCUT2D eigenvalue weighted by atomic mass is 127. The van der Waals surface area contributed by atoms with Crippen LogP contribution in [-0.2, 0) is 6.54 Å². The SMILES string of the molecule is O=c1[nH]cnc(NCc2ccon2)c1I. The van der Waals surface area contributed by atoms with Crippen molar-refractivity contribution in [1.29, 1.82) is 0 Å². The molecule has 78 valence electrons. The van der Waals surface area contributed by atoms with Gasteiger partial charge in [0.1, 0.15) is 21.3 Å². The Morgan fingerprint density at radius 1 is 1.60 bits per heavy atom. The third-order valence-electron chi connectivity index (χ3n) is 1.72. The Morgan fingerprint density at radius 3 is 3.20 bits per heavy atom. The van der Waals surface area contributed by atoms with E-state index >= 15 is 0 Å². The van der Waals surface area contributed by atoms with Gasteiger partial charge in [-0.05, 0) is 22.6 Å². The standard InChI is InChI=1S/C8H7IN4O2/c9-6-7(11-4-12-8(6)14)10-3-5-1-2-15-13-5/h1-2,4H,3H2,(H2,10,11,12,14). The fraction of sp³-hybridized carbons (Fsp3) is 0.125. The molecule has 2 N–H and O–H groups in total. The first kappa shape index (κ1) is 10.1. The van der Waals surface area contributed by atoms with Gasteiger partial charge in [-0.3, -0.25) is 4.79 Å². The molecular formula is C8H7IN4O2. The third kappa shape index (κ3) is 2.35. The van der Waals surface area contributed by atoms with Crippen LogP contribution in [0.5, 0.6) is 0 Å². The maximum Gasteiger partial charge on any atom is 0.266 e. The second kappa shape index (κ2) is 4.43. The van der Waals surface area contributed by atoms with Crippen LogP contribution >= 0.6 is 22.6 Å². The number of aromatic amines is 1. The summed E-state index contributed by atoms with van der Waals surface area (Å²) >= 11 is 1.93. The number of anilines is 1. The van der Waals surface area contributed by atoms with Crippen LogP contribution in [0, 0.1) is 3.57 Å². The Labute approximate surface area is 98.2 Å². The van der Waals surface area contributed by atoms with Gasteiger partial charge in [0.2, 0.25) is 0 Å². The van der Waals surface area contributed by atoms with Crippen molar-refractivity contribution in [3.05, 3.63) is 38.3 Å². The van der Waals surface area contributed by atoms with E-state index in [4.69, 9.17) is 0 Å². The predicted octanol–water partition coefficient (Wildman–Crippen LogP) is 0.975. The van der Waals surface area contributed by atoms with Gasteiger partial charge in [-0.2, -0.15) is 0 Å². The highest BCUT2D eigenvalue weighted by Crippen LogP contribution is 2.09. The minimum Gasteiger partial charge on any atom is -0.364 e. The van der Waals surface area contributed by atoms with Gasteiger partial charge in [0.05, 0.1) is 12.9 Å². The largest absolute Gasteiger partial charge is 0.364 e. The quantitative estimate of drug-likeness (QED) is 0.824. The molecule has 15 heavy (non-hydrogen) atoms. The summed E-state index contributed by atoms with van der Waals surface area (Å²) in [4.78, 5) is 17.7. The number of hydrogen-bond acceptors (Lipinski definition) is 5. The van der Waals surface area contributed by atoms with E-state index in [0.717, 1.165) is 5.69 Å². The summed E-state index contributed by atoms with van der Waals surface area (Å²) in [5, 5.41) is 6.72. The van der Waals surface area contributed by atoms with E-state index in [1.165, 1.54) is 12.6 Å². The average Bonchev–Trinajstić information content (AvgIpc) is 2.73. The van der Waals surface area contributed by atoms with Crippen LogP contribution in [0.4, 0.5) is 5.82 Å². The van der Waals surface area contributed by atoms with Crippen molar-refractivity contribution in [2.75, 3.05) is 5.32 Å². The second-order valence-corrected chi connectivity index (χ2v) is 3.82. The van der Waals surface area contributed by atoms with E-state index in [1.54, 1.807) is 6.07 Å². The number of nitrogens with zero attached hydrogens (tertiary/aromatic N) is 2. The molecule has 0 aliphatic carbocycles. The zero-order chi connectivity index (χ0) is 10.7. The van der Waals surface area contributed by atoms with Crippen molar-refractivity contribution in [2.24, 2.45) is 0 Å². The topological polar surface area (TPSA) is 83.8 Å². The first-order valence-electron chi connectivity index (χ1n) is 4.13. The number of halogens is 1. The van der Waals surface area contributed by atoms with E-state index in [-0.39, 0.29) is 5.56 Å². The van der Waals surface area contributed by atoms with Gasteiger partial charge in [-0.25, -0.2) is 4.98 Å². The minimum absolute atomic E-state index is 0.159. The van der Waals surface area contributed by atoms with Gasteiger partial charge in [-0.1, -0.05) is 5.16 Å². The van der Waals surface area contributed by atoms with Gasteiger partial charge >= 0.3 is 0 Å². The Hall–Kier alpha value is -1.38. The zero-order valence-electron chi connectivity index (χ0n) is 7.53. The summed E-state index contributed by atoms with van der Waals surface area (Å²) in [5.41, 5.74) is 0.598. The Kier molecular flexibility index (Phi) is 2.99. The molecule has 0 amide bonds. The molecule has 2 rings (SSSR count). The highest BCUT2D eigenvalue weighted by molar-refractivity contribution is 14.1. The lowest BCUT2D eigenvalue weighted by Gasteiger charge is -2.03. The summed E-state index contributed by atoms with van der Waals surface area (Å²) in [6.45, 7) is 0.475. The molecule has 0 atom stereocenters. The van der Waals surface area contributed by atoms with Crippen LogP contribution in [0.2, 0.25) is 0 Å². The van der Waals surface area contributed by atoms with Crippen molar-refractivity contribution in [1.82, 2.24) is 15.1 Å². The van der Waals surface area contributed by atoms with Crippen LogP contribution in [0.25, 0.3) is 0 Å². The lowest BCUT2D eigenvalue weighted by molar-refractivity contribution is 0.412. The second-order valence-electron chi connectivity index (χ2n) is 2.74. The molecule has 0 aromatic carbocycles. The molecule has 2 aromatic rings. The van der Waals surface area contributed by atoms with Gasteiger partial charge in [0.25, 0.3) is 5.56 Å². The van der Waals surface area contributed by atoms with Crippen molar-refractivity contribution in [2.45, 2.75) is 6.54 Å². The first-order chi connectivity index (χ1) is 7.27. The molecule has 7 heteroatoms. The molecule has 6 nitrogen and oxygen atoms in total. The number of nitrogens with one attached hydrogen (secondary N) is 2. The molecule has 0 unspecified atom stereocenters. The molecule has 0 saturated heterocycles. The lowest BCUT2D eigenvalue weighted by atomic mass is 10.4. The lowest BCUT2D eigenvalue weighted by Crippen LogP contribution is -2.14. The van der Waals surface area contributed by atoms with Gasteiger partial charge in [-0.15, -0.1) is 0 Å². The van der Waals surface area contributed by atoms with Crippen LogP contribution in [0.15, 0.2) is 28.0 Å². The minimum atomic E-state index is -0.159. The van der Waals surface area contributed by atoms with Crippen molar-refractivity contribution < 1.29 is 4.52 Å². The van der Waals surface area contributed by atoms with Crippen molar-refractivity contribution in [3.63, 3.8) is 0 Å². The summed E-state index contributed by atoms with van der Waals surface area (Å²) in [7, 11) is 0. The Bertz CT molecular complexity index is 494. The van der Waals surface area contributed by atoms with Crippen molar-refractivity contribution in [3.8, 4) is 0 Å². The third-order valence-corrected chi connectivity index (χ3v) is 2.73. The molecule has 2 aromatic heterocycles. The van der Waals surface area contributed by atoms with E-state index in [2.05, 4.69) is 25.0 Å². The molecule has 0 fully saturated rings. The summed E-state index contributed by atoms with van der Waals surface area (Å²) in [6, 6.07) is 1.74. The van der Waals surface area contributed by atoms with Crippen LogP contribution in [0.3, 0.4) is 0 Å². The van der Waals surface area contributed by atoms with E-state index in [1.807, 2.05) is 22.6 Å². The molecular weight excluding hydrogens is 311 g/mol. The van der Waals surface area contributed by atoms with Gasteiger partial charge < -0.3 is 14.8 Å². The van der Waals surface area contributed by atoms with Crippen LogP contribution in [-0.4, -0.2) is 15.1 Å². The van der Waals surface area contributed by atoms with E-state index < -0.39 is 0 Å². The van der Waals surface area contributed by atoms with E-state index in [9.17, 15) is 4.79 Å². The molecule has 0 bridgehead atoms. The molecule has 0 saturated carbocycles. The molecule has 0 radical (unpaired) electrons. The maximum absolute atomic E-state index is 11.2. The number of hydrogen-bond donors (Lipinski definition) is 2. The molecule has 2 heterocycles. The monoisotopic (exact) mass is 318 g/mol. The van der Waals surface area contributed by atoms with Crippen molar-refractivity contribution >= 4 is 28.4 Å². The first-order valence-corrected chi connectivity index (χ1v) is 5.21. The molecule has 0 aliphatic heterocycles. The predicted molar refractivity (Wildman–Crippen MR) is 61.4 cm³/mol. The summed E-state index contributed by atoms with van der Waals surface area (Å²) in [6.07, 6.45) is 2.85. The highest BCUT2D eigenvalue weighted by Gasteiger charge is 2.04. The normalized spacial score (nSPS) is 10.2. The number of rotatable bonds is 3. The maximum atomic E-state index is 11.2. The summed E-state index contributed by atoms with van der Waals surface area (Å²) < 4.78 is 5.20. The molecule has 0 spiro atoms. The number of aromatic nitrogens is 3. The van der Waals surface area contributed by atoms with Gasteiger partial charge in [0, 0.05) is 6.07 Å².